The molecule has 192 valence electrons. The van der Waals surface area contributed by atoms with Gasteiger partial charge in [0.1, 0.15) is 5.65 Å². The molecule has 3 N–H and O–H groups in total. The summed E-state index contributed by atoms with van der Waals surface area (Å²) in [6.45, 7) is 5.96. The number of carbonyl (C=O) groups excluding carboxylic acids is 1. The SMILES string of the molecule is CNCC(=O)N1CCc2sc(-c3nc(Nc4cccc(N5CCN(C)CC5)c4)nc4[nH]ccc34)cc2C1. The van der Waals surface area contributed by atoms with Gasteiger partial charge in [-0.1, -0.05) is 6.07 Å². The van der Waals surface area contributed by atoms with Crippen LogP contribution in [0.15, 0.2) is 42.6 Å². The van der Waals surface area contributed by atoms with Crippen molar-refractivity contribution in [2.75, 3.05) is 63.6 Å². The standard InChI is InChI=1S/C27H32N8OS/c1-28-16-24(36)35-9-7-22-18(17-35)14-23(37-22)25-21-6-8-29-26(21)32-27(31-25)30-19-4-3-5-20(15-19)34-12-10-33(2)11-13-34/h3-6,8,14-15,28H,7,9-13,16-17H2,1-2H3,(H2,29,30,31,32). The van der Waals surface area contributed by atoms with Gasteiger partial charge in [-0.15, -0.1) is 11.3 Å². The van der Waals surface area contributed by atoms with Gasteiger partial charge in [-0.05, 0) is 56.4 Å². The van der Waals surface area contributed by atoms with Crippen LogP contribution < -0.4 is 15.5 Å². The number of aromatic nitrogens is 3. The molecule has 4 aromatic rings. The fraction of sp³-hybridized carbons (Fsp3) is 0.370. The molecule has 1 saturated heterocycles. The van der Waals surface area contributed by atoms with Gasteiger partial charge in [0.05, 0.1) is 17.1 Å². The summed E-state index contributed by atoms with van der Waals surface area (Å²) in [6, 6.07) is 12.7. The fourth-order valence-corrected chi connectivity index (χ4v) is 6.25. The van der Waals surface area contributed by atoms with Crippen molar-refractivity contribution < 1.29 is 4.79 Å². The Kier molecular flexibility index (Phi) is 6.54. The number of piperazine rings is 1. The van der Waals surface area contributed by atoms with Gasteiger partial charge >= 0.3 is 0 Å². The van der Waals surface area contributed by atoms with Crippen molar-refractivity contribution in [3.05, 3.63) is 53.0 Å². The van der Waals surface area contributed by atoms with Crippen molar-refractivity contribution in [1.29, 1.82) is 0 Å². The van der Waals surface area contributed by atoms with Crippen LogP contribution in [0.25, 0.3) is 21.6 Å². The molecule has 1 fully saturated rings. The van der Waals surface area contributed by atoms with Gasteiger partial charge in [-0.3, -0.25) is 4.79 Å². The molecule has 0 unspecified atom stereocenters. The van der Waals surface area contributed by atoms with Crippen LogP contribution in [0, 0.1) is 0 Å². The van der Waals surface area contributed by atoms with E-state index < -0.39 is 0 Å². The van der Waals surface area contributed by atoms with Crippen LogP contribution in [-0.2, 0) is 17.8 Å². The number of H-pyrrole nitrogens is 1. The summed E-state index contributed by atoms with van der Waals surface area (Å²) in [5.41, 5.74) is 5.11. The molecule has 0 atom stereocenters. The molecular formula is C27H32N8OS. The summed E-state index contributed by atoms with van der Waals surface area (Å²) >= 11 is 1.77. The number of benzene rings is 1. The highest BCUT2D eigenvalue weighted by Gasteiger charge is 2.24. The summed E-state index contributed by atoms with van der Waals surface area (Å²) in [6.07, 6.45) is 2.79. The molecule has 5 heterocycles. The van der Waals surface area contributed by atoms with Crippen LogP contribution in [0.1, 0.15) is 10.4 Å². The fourth-order valence-electron chi connectivity index (χ4n) is 5.08. The minimum absolute atomic E-state index is 0.140. The summed E-state index contributed by atoms with van der Waals surface area (Å²) < 4.78 is 0. The Balaban J connectivity index is 1.27. The predicted molar refractivity (Wildman–Crippen MR) is 150 cm³/mol. The van der Waals surface area contributed by atoms with Crippen LogP contribution in [0.5, 0.6) is 0 Å². The second kappa shape index (κ2) is 10.1. The molecule has 0 bridgehead atoms. The highest BCUT2D eigenvalue weighted by Crippen LogP contribution is 2.37. The maximum absolute atomic E-state index is 12.4. The third-order valence-corrected chi connectivity index (χ3v) is 8.41. The average Bonchev–Trinajstić information content (AvgIpc) is 3.55. The lowest BCUT2D eigenvalue weighted by atomic mass is 10.1. The first-order valence-corrected chi connectivity index (χ1v) is 13.6. The van der Waals surface area contributed by atoms with Crippen molar-refractivity contribution in [1.82, 2.24) is 30.1 Å². The molecule has 9 nitrogen and oxygen atoms in total. The van der Waals surface area contributed by atoms with Gasteiger partial charge in [0, 0.05) is 67.1 Å². The summed E-state index contributed by atoms with van der Waals surface area (Å²) in [4.78, 5) is 34.6. The van der Waals surface area contributed by atoms with Crippen molar-refractivity contribution in [2.24, 2.45) is 0 Å². The lowest BCUT2D eigenvalue weighted by molar-refractivity contribution is -0.131. The number of rotatable bonds is 6. The van der Waals surface area contributed by atoms with Crippen LogP contribution >= 0.6 is 11.3 Å². The Hall–Kier alpha value is -3.47. The summed E-state index contributed by atoms with van der Waals surface area (Å²) in [7, 11) is 3.98. The van der Waals surface area contributed by atoms with Crippen LogP contribution in [0.3, 0.4) is 0 Å². The molecule has 37 heavy (non-hydrogen) atoms. The van der Waals surface area contributed by atoms with E-state index in [4.69, 9.17) is 9.97 Å². The van der Waals surface area contributed by atoms with Gasteiger partial charge in [0.15, 0.2) is 0 Å². The van der Waals surface area contributed by atoms with Crippen molar-refractivity contribution in [2.45, 2.75) is 13.0 Å². The van der Waals surface area contributed by atoms with Gasteiger partial charge in [0.25, 0.3) is 0 Å². The first kappa shape index (κ1) is 23.9. The van der Waals surface area contributed by atoms with E-state index in [0.717, 1.165) is 66.4 Å². The quantitative estimate of drug-likeness (QED) is 0.362. The molecule has 2 aliphatic heterocycles. The van der Waals surface area contributed by atoms with Crippen molar-refractivity contribution in [3.8, 4) is 10.6 Å². The summed E-state index contributed by atoms with van der Waals surface area (Å²) in [5.74, 6) is 0.707. The molecule has 3 aromatic heterocycles. The Morgan fingerprint density at radius 1 is 1.11 bits per heavy atom. The van der Waals surface area contributed by atoms with Crippen LogP contribution in [0.2, 0.25) is 0 Å². The second-order valence-corrected chi connectivity index (χ2v) is 10.9. The van der Waals surface area contributed by atoms with E-state index in [0.29, 0.717) is 19.0 Å². The van der Waals surface area contributed by atoms with E-state index in [-0.39, 0.29) is 5.91 Å². The molecule has 0 spiro atoms. The monoisotopic (exact) mass is 516 g/mol. The lowest BCUT2D eigenvalue weighted by Crippen LogP contribution is -2.44. The van der Waals surface area contributed by atoms with Crippen LogP contribution in [-0.4, -0.2) is 84.0 Å². The molecule has 0 radical (unpaired) electrons. The third kappa shape index (κ3) is 4.92. The van der Waals surface area contributed by atoms with E-state index >= 15 is 0 Å². The van der Waals surface area contributed by atoms with Gasteiger partial charge < -0.3 is 30.3 Å². The number of fused-ring (bicyclic) bond motifs is 2. The molecule has 1 amide bonds. The lowest BCUT2D eigenvalue weighted by Gasteiger charge is -2.34. The topological polar surface area (TPSA) is 92.4 Å². The molecule has 1 aromatic carbocycles. The normalized spacial score (nSPS) is 16.3. The molecule has 2 aliphatic rings. The number of anilines is 3. The van der Waals surface area contributed by atoms with E-state index in [1.807, 2.05) is 24.2 Å². The number of amides is 1. The first-order valence-electron chi connectivity index (χ1n) is 12.8. The van der Waals surface area contributed by atoms with E-state index in [1.165, 1.54) is 16.1 Å². The molecule has 6 rings (SSSR count). The molecule has 0 aliphatic carbocycles. The van der Waals surface area contributed by atoms with Gasteiger partial charge in [-0.25, -0.2) is 4.98 Å². The number of likely N-dealkylation sites (N-methyl/N-ethyl adjacent to an activating group) is 2. The number of hydrogen-bond acceptors (Lipinski definition) is 8. The van der Waals surface area contributed by atoms with E-state index in [9.17, 15) is 4.79 Å². The number of nitrogens with zero attached hydrogens (tertiary/aromatic N) is 5. The number of hydrogen-bond donors (Lipinski definition) is 3. The van der Waals surface area contributed by atoms with Crippen molar-refractivity contribution >= 4 is 45.6 Å². The Morgan fingerprint density at radius 2 is 1.97 bits per heavy atom. The average molecular weight is 517 g/mol. The Bertz CT molecular complexity index is 1420. The minimum atomic E-state index is 0.140. The zero-order valence-corrected chi connectivity index (χ0v) is 22.1. The molecule has 0 saturated carbocycles. The number of carbonyl (C=O) groups is 1. The second-order valence-electron chi connectivity index (χ2n) is 9.76. The predicted octanol–water partition coefficient (Wildman–Crippen LogP) is 3.29. The zero-order valence-electron chi connectivity index (χ0n) is 21.3. The van der Waals surface area contributed by atoms with E-state index in [2.05, 4.69) is 62.8 Å². The molecule has 10 heteroatoms. The highest BCUT2D eigenvalue weighted by atomic mass is 32.1. The van der Waals surface area contributed by atoms with E-state index in [1.54, 1.807) is 11.3 Å². The largest absolute Gasteiger partial charge is 0.369 e. The minimum Gasteiger partial charge on any atom is -0.369 e. The number of thiophene rings is 1. The van der Waals surface area contributed by atoms with Gasteiger partial charge in [0.2, 0.25) is 11.9 Å². The maximum Gasteiger partial charge on any atom is 0.236 e. The number of aromatic amines is 1. The number of nitrogens with one attached hydrogen (secondary N) is 3. The first-order chi connectivity index (χ1) is 18.1. The highest BCUT2D eigenvalue weighted by molar-refractivity contribution is 7.15. The maximum atomic E-state index is 12.4. The third-order valence-electron chi connectivity index (χ3n) is 7.17. The molecular weight excluding hydrogens is 484 g/mol. The summed E-state index contributed by atoms with van der Waals surface area (Å²) in [5, 5.41) is 7.41. The zero-order chi connectivity index (χ0) is 25.4. The smallest absolute Gasteiger partial charge is 0.236 e. The Labute approximate surface area is 220 Å². The van der Waals surface area contributed by atoms with Gasteiger partial charge in [-0.2, -0.15) is 4.98 Å². The van der Waals surface area contributed by atoms with Crippen LogP contribution in [0.4, 0.5) is 17.3 Å². The van der Waals surface area contributed by atoms with Crippen molar-refractivity contribution in [3.63, 3.8) is 0 Å². The Morgan fingerprint density at radius 3 is 2.81 bits per heavy atom.